The van der Waals surface area contributed by atoms with Crippen molar-refractivity contribution in [3.8, 4) is 0 Å². The second-order valence-corrected chi connectivity index (χ2v) is 5.50. The average molecular weight is 351 g/mol. The van der Waals surface area contributed by atoms with Gasteiger partial charge in [0.2, 0.25) is 0 Å². The topological polar surface area (TPSA) is 12.0 Å². The number of halogens is 4. The van der Waals surface area contributed by atoms with E-state index in [1.807, 2.05) is 42.5 Å². The van der Waals surface area contributed by atoms with Gasteiger partial charge in [-0.1, -0.05) is 53.0 Å². The summed E-state index contributed by atoms with van der Waals surface area (Å²) < 4.78 is 0. The van der Waals surface area contributed by atoms with Crippen molar-refractivity contribution in [1.29, 1.82) is 0 Å². The summed E-state index contributed by atoms with van der Waals surface area (Å²) in [6, 6.07) is 13.4. The largest absolute Gasteiger partial charge is 0.312 e. The van der Waals surface area contributed by atoms with Crippen LogP contribution in [0.5, 0.6) is 0 Å². The quantitative estimate of drug-likeness (QED) is 0.711. The first-order valence-electron chi connectivity index (χ1n) is 6.05. The lowest BCUT2D eigenvalue weighted by molar-refractivity contribution is 0.687. The van der Waals surface area contributed by atoms with Gasteiger partial charge in [-0.25, -0.2) is 0 Å². The summed E-state index contributed by atoms with van der Waals surface area (Å²) in [5, 5.41) is 5.51. The van der Waals surface area contributed by atoms with Gasteiger partial charge < -0.3 is 5.32 Å². The van der Waals surface area contributed by atoms with Crippen molar-refractivity contribution < 1.29 is 0 Å². The molecule has 2 rings (SSSR count). The first-order valence-corrected chi connectivity index (χ1v) is 7.18. The molecule has 2 aromatic rings. The fraction of sp³-hybridized carbons (Fsp3) is 0.200. The number of hydrogen-bond acceptors (Lipinski definition) is 1. The Morgan fingerprint density at radius 3 is 2.05 bits per heavy atom. The Morgan fingerprint density at radius 1 is 0.850 bits per heavy atom. The average Bonchev–Trinajstić information content (AvgIpc) is 2.39. The van der Waals surface area contributed by atoms with Gasteiger partial charge in [-0.2, -0.15) is 0 Å². The fourth-order valence-corrected chi connectivity index (χ4v) is 2.46. The molecule has 0 spiro atoms. The Morgan fingerprint density at radius 2 is 1.45 bits per heavy atom. The summed E-state index contributed by atoms with van der Waals surface area (Å²) in [5.74, 6) is 0. The highest BCUT2D eigenvalue weighted by atomic mass is 35.5. The molecule has 0 heterocycles. The van der Waals surface area contributed by atoms with Gasteiger partial charge in [-0.05, 0) is 42.8 Å². The summed E-state index contributed by atoms with van der Waals surface area (Å²) >= 11 is 18.1. The van der Waals surface area contributed by atoms with Gasteiger partial charge in [0, 0.05) is 27.2 Å². The maximum atomic E-state index is 6.10. The Kier molecular flexibility index (Phi) is 7.71. The summed E-state index contributed by atoms with van der Waals surface area (Å²) in [7, 11) is 0. The van der Waals surface area contributed by atoms with E-state index >= 15 is 0 Å². The van der Waals surface area contributed by atoms with Crippen LogP contribution in [0.4, 0.5) is 0 Å². The van der Waals surface area contributed by atoms with Gasteiger partial charge in [-0.15, -0.1) is 12.4 Å². The minimum atomic E-state index is 0. The number of nitrogens with one attached hydrogen (secondary N) is 1. The summed E-state index contributed by atoms with van der Waals surface area (Å²) in [5.41, 5.74) is 2.20. The van der Waals surface area contributed by atoms with Crippen molar-refractivity contribution in [3.05, 3.63) is 68.7 Å². The van der Waals surface area contributed by atoms with Crippen LogP contribution in [-0.2, 0) is 13.0 Å². The van der Waals surface area contributed by atoms with E-state index in [0.29, 0.717) is 16.6 Å². The predicted octanol–water partition coefficient (Wildman–Crippen LogP) is 5.40. The lowest BCUT2D eigenvalue weighted by Gasteiger charge is -2.08. The molecule has 0 aliphatic carbocycles. The van der Waals surface area contributed by atoms with Crippen LogP contribution >= 0.6 is 47.2 Å². The molecule has 1 nitrogen and oxygen atoms in total. The van der Waals surface area contributed by atoms with E-state index in [9.17, 15) is 0 Å². The first kappa shape index (κ1) is 17.6. The molecule has 108 valence electrons. The van der Waals surface area contributed by atoms with Gasteiger partial charge in [0.15, 0.2) is 0 Å². The van der Waals surface area contributed by atoms with E-state index in [2.05, 4.69) is 5.32 Å². The van der Waals surface area contributed by atoms with E-state index in [-0.39, 0.29) is 12.4 Å². The van der Waals surface area contributed by atoms with Crippen LogP contribution < -0.4 is 5.32 Å². The van der Waals surface area contributed by atoms with Gasteiger partial charge in [-0.3, -0.25) is 0 Å². The Bertz CT molecular complexity index is 520. The van der Waals surface area contributed by atoms with E-state index in [4.69, 9.17) is 34.8 Å². The Balaban J connectivity index is 0.00000200. The van der Waals surface area contributed by atoms with Crippen LogP contribution in [0.25, 0.3) is 0 Å². The minimum Gasteiger partial charge on any atom is -0.312 e. The van der Waals surface area contributed by atoms with Crippen LogP contribution in [0, 0.1) is 0 Å². The smallest absolute Gasteiger partial charge is 0.0465 e. The molecule has 0 amide bonds. The molecule has 0 bridgehead atoms. The summed E-state index contributed by atoms with van der Waals surface area (Å²) in [4.78, 5) is 0. The third-order valence-electron chi connectivity index (χ3n) is 2.87. The highest BCUT2D eigenvalue weighted by Crippen LogP contribution is 2.23. The fourth-order valence-electron chi connectivity index (χ4n) is 1.80. The lowest BCUT2D eigenvalue weighted by Crippen LogP contribution is -2.17. The molecule has 0 fully saturated rings. The Labute approximate surface area is 140 Å². The standard InChI is InChI=1S/C15H14Cl3N.ClH/c16-12-6-4-11(5-7-12)8-9-19-10-13-14(17)2-1-3-15(13)18;/h1-7,19H,8-10H2;1H. The third-order valence-corrected chi connectivity index (χ3v) is 3.83. The third kappa shape index (κ3) is 5.16. The van der Waals surface area contributed by atoms with Crippen molar-refractivity contribution in [2.45, 2.75) is 13.0 Å². The van der Waals surface area contributed by atoms with E-state index in [0.717, 1.165) is 23.6 Å². The first-order chi connectivity index (χ1) is 9.16. The van der Waals surface area contributed by atoms with Crippen molar-refractivity contribution in [1.82, 2.24) is 5.32 Å². The van der Waals surface area contributed by atoms with E-state index in [1.165, 1.54) is 5.56 Å². The SMILES string of the molecule is Cl.Clc1ccc(CCNCc2c(Cl)cccc2Cl)cc1. The molecule has 0 radical (unpaired) electrons. The molecule has 0 saturated heterocycles. The second-order valence-electron chi connectivity index (χ2n) is 4.25. The highest BCUT2D eigenvalue weighted by Gasteiger charge is 2.04. The second kappa shape index (κ2) is 8.76. The van der Waals surface area contributed by atoms with Crippen molar-refractivity contribution in [3.63, 3.8) is 0 Å². The van der Waals surface area contributed by atoms with Gasteiger partial charge in [0.25, 0.3) is 0 Å². The normalized spacial score (nSPS) is 10.2. The monoisotopic (exact) mass is 349 g/mol. The molecule has 0 unspecified atom stereocenters. The predicted molar refractivity (Wildman–Crippen MR) is 90.6 cm³/mol. The molecule has 0 aliphatic heterocycles. The molecule has 0 saturated carbocycles. The van der Waals surface area contributed by atoms with Crippen molar-refractivity contribution >= 4 is 47.2 Å². The zero-order valence-electron chi connectivity index (χ0n) is 10.7. The minimum absolute atomic E-state index is 0. The molecule has 20 heavy (non-hydrogen) atoms. The molecular formula is C15H15Cl4N. The van der Waals surface area contributed by atoms with Gasteiger partial charge >= 0.3 is 0 Å². The van der Waals surface area contributed by atoms with Crippen molar-refractivity contribution in [2.24, 2.45) is 0 Å². The zero-order chi connectivity index (χ0) is 13.7. The van der Waals surface area contributed by atoms with Crippen LogP contribution in [-0.4, -0.2) is 6.54 Å². The number of rotatable bonds is 5. The molecule has 0 aromatic heterocycles. The number of hydrogen-bond donors (Lipinski definition) is 1. The van der Waals surface area contributed by atoms with E-state index in [1.54, 1.807) is 0 Å². The molecule has 2 aromatic carbocycles. The Hall–Kier alpha value is -0.440. The number of benzene rings is 2. The summed E-state index contributed by atoms with van der Waals surface area (Å²) in [6.45, 7) is 1.54. The van der Waals surface area contributed by atoms with Crippen LogP contribution in [0.1, 0.15) is 11.1 Å². The van der Waals surface area contributed by atoms with E-state index < -0.39 is 0 Å². The maximum Gasteiger partial charge on any atom is 0.0465 e. The molecule has 0 atom stereocenters. The molecule has 0 aliphatic rings. The molecular weight excluding hydrogens is 336 g/mol. The van der Waals surface area contributed by atoms with Gasteiger partial charge in [0.1, 0.15) is 0 Å². The van der Waals surface area contributed by atoms with Crippen LogP contribution in [0.15, 0.2) is 42.5 Å². The van der Waals surface area contributed by atoms with Gasteiger partial charge in [0.05, 0.1) is 0 Å². The molecule has 5 heteroatoms. The lowest BCUT2D eigenvalue weighted by atomic mass is 10.1. The zero-order valence-corrected chi connectivity index (χ0v) is 13.8. The molecule has 1 N–H and O–H groups in total. The van der Waals surface area contributed by atoms with Crippen LogP contribution in [0.2, 0.25) is 15.1 Å². The van der Waals surface area contributed by atoms with Crippen LogP contribution in [0.3, 0.4) is 0 Å². The highest BCUT2D eigenvalue weighted by molar-refractivity contribution is 6.36. The van der Waals surface area contributed by atoms with Crippen molar-refractivity contribution in [2.75, 3.05) is 6.54 Å². The summed E-state index contributed by atoms with van der Waals surface area (Å²) in [6.07, 6.45) is 0.944. The maximum absolute atomic E-state index is 6.10.